The average Bonchev–Trinajstić information content (AvgIpc) is 2.34. The molecule has 6 nitrogen and oxygen atoms in total. The van der Waals surface area contributed by atoms with Crippen molar-refractivity contribution in [2.45, 2.75) is 46.6 Å². The van der Waals surface area contributed by atoms with E-state index in [-0.39, 0.29) is 16.6 Å². The minimum absolute atomic E-state index is 0.0284. The number of non-ortho nitro benzene ring substituents is 1. The normalized spacial score (nSPS) is 11.7. The van der Waals surface area contributed by atoms with Crippen molar-refractivity contribution in [1.29, 1.82) is 0 Å². The van der Waals surface area contributed by atoms with Crippen LogP contribution < -0.4 is 15.4 Å². The minimum Gasteiger partial charge on any atom is -0.494 e. The van der Waals surface area contributed by atoms with Crippen molar-refractivity contribution in [3.05, 3.63) is 28.3 Å². The zero-order valence-electron chi connectivity index (χ0n) is 14.5. The second-order valence-corrected chi connectivity index (χ2v) is 7.75. The number of rotatable bonds is 5. The Morgan fingerprint density at radius 3 is 2.39 bits per heavy atom. The summed E-state index contributed by atoms with van der Waals surface area (Å²) in [4.78, 5) is 10.4. The molecule has 2 N–H and O–H groups in total. The summed E-state index contributed by atoms with van der Waals surface area (Å²) in [5.74, 6) is 0.372. The zero-order valence-corrected chi connectivity index (χ0v) is 15.3. The summed E-state index contributed by atoms with van der Waals surface area (Å²) in [6.45, 7) is 10.7. The van der Waals surface area contributed by atoms with Crippen molar-refractivity contribution in [3.8, 4) is 5.75 Å². The maximum absolute atomic E-state index is 10.8. The fraction of sp³-hybridized carbons (Fsp3) is 0.562. The quantitative estimate of drug-likeness (QED) is 0.478. The van der Waals surface area contributed by atoms with Crippen LogP contribution in [0, 0.1) is 15.5 Å². The number of hydrogen-bond acceptors (Lipinski definition) is 4. The van der Waals surface area contributed by atoms with E-state index in [9.17, 15) is 10.1 Å². The summed E-state index contributed by atoms with van der Waals surface area (Å²) < 4.78 is 5.19. The van der Waals surface area contributed by atoms with Crippen LogP contribution in [-0.4, -0.2) is 22.7 Å². The van der Waals surface area contributed by atoms with Crippen molar-refractivity contribution in [2.75, 3.05) is 12.4 Å². The van der Waals surface area contributed by atoms with Gasteiger partial charge < -0.3 is 15.4 Å². The van der Waals surface area contributed by atoms with E-state index in [0.29, 0.717) is 16.5 Å². The molecule has 0 saturated carbocycles. The number of anilines is 1. The number of nitro benzene ring substituents is 1. The van der Waals surface area contributed by atoms with Crippen LogP contribution in [0.3, 0.4) is 0 Å². The lowest BCUT2D eigenvalue weighted by molar-refractivity contribution is -0.384. The molecule has 0 aliphatic carbocycles. The van der Waals surface area contributed by atoms with Crippen molar-refractivity contribution in [1.82, 2.24) is 5.32 Å². The Labute approximate surface area is 142 Å². The molecule has 7 heteroatoms. The number of benzene rings is 1. The van der Waals surface area contributed by atoms with Gasteiger partial charge in [-0.2, -0.15) is 0 Å². The van der Waals surface area contributed by atoms with Crippen LogP contribution >= 0.6 is 12.2 Å². The third kappa shape index (κ3) is 6.40. The van der Waals surface area contributed by atoms with Gasteiger partial charge in [0.2, 0.25) is 0 Å². The highest BCUT2D eigenvalue weighted by molar-refractivity contribution is 7.80. The Morgan fingerprint density at radius 2 is 1.91 bits per heavy atom. The van der Waals surface area contributed by atoms with Gasteiger partial charge in [-0.25, -0.2) is 0 Å². The van der Waals surface area contributed by atoms with Gasteiger partial charge in [-0.05, 0) is 44.0 Å². The highest BCUT2D eigenvalue weighted by Crippen LogP contribution is 2.30. The van der Waals surface area contributed by atoms with Crippen LogP contribution in [0.2, 0.25) is 0 Å². The molecule has 0 aliphatic rings. The van der Waals surface area contributed by atoms with E-state index in [4.69, 9.17) is 17.0 Å². The Hall–Kier alpha value is -1.89. The molecule has 0 bridgehead atoms. The van der Waals surface area contributed by atoms with Gasteiger partial charge in [-0.15, -0.1) is 0 Å². The van der Waals surface area contributed by atoms with E-state index >= 15 is 0 Å². The van der Waals surface area contributed by atoms with Crippen LogP contribution in [0.1, 0.15) is 41.0 Å². The number of ether oxygens (including phenoxy) is 1. The molecule has 0 unspecified atom stereocenters. The topological polar surface area (TPSA) is 76.4 Å². The molecular weight excluding hydrogens is 314 g/mol. The number of nitro groups is 1. The molecule has 23 heavy (non-hydrogen) atoms. The second kappa shape index (κ2) is 7.12. The minimum atomic E-state index is -0.463. The fourth-order valence-corrected chi connectivity index (χ4v) is 3.11. The van der Waals surface area contributed by atoms with E-state index in [1.54, 1.807) is 6.07 Å². The Kier molecular flexibility index (Phi) is 5.93. The van der Waals surface area contributed by atoms with E-state index < -0.39 is 4.92 Å². The molecule has 0 amide bonds. The highest BCUT2D eigenvalue weighted by Gasteiger charge is 2.26. The molecule has 1 aromatic carbocycles. The predicted octanol–water partition coefficient (Wildman–Crippen LogP) is 4.10. The van der Waals surface area contributed by atoms with Gasteiger partial charge in [0.05, 0.1) is 23.8 Å². The van der Waals surface area contributed by atoms with Crippen LogP contribution in [0.25, 0.3) is 0 Å². The molecule has 0 saturated heterocycles. The molecule has 0 aliphatic heterocycles. The lowest BCUT2D eigenvalue weighted by Gasteiger charge is -2.34. The van der Waals surface area contributed by atoms with E-state index in [1.807, 2.05) is 0 Å². The van der Waals surface area contributed by atoms with Crippen molar-refractivity contribution >= 4 is 28.7 Å². The van der Waals surface area contributed by atoms with E-state index in [1.165, 1.54) is 19.2 Å². The summed E-state index contributed by atoms with van der Waals surface area (Å²) in [6.07, 6.45) is 0.930. The van der Waals surface area contributed by atoms with Gasteiger partial charge in [0.1, 0.15) is 5.75 Å². The first-order valence-electron chi connectivity index (χ1n) is 7.35. The van der Waals surface area contributed by atoms with Gasteiger partial charge in [0.15, 0.2) is 5.11 Å². The number of thiocarbonyl (C=S) groups is 1. The second-order valence-electron chi connectivity index (χ2n) is 7.34. The molecule has 1 rings (SSSR count). The van der Waals surface area contributed by atoms with Crippen molar-refractivity contribution < 1.29 is 9.66 Å². The molecule has 0 atom stereocenters. The first-order chi connectivity index (χ1) is 10.4. The first-order valence-corrected chi connectivity index (χ1v) is 7.76. The highest BCUT2D eigenvalue weighted by atomic mass is 32.1. The molecule has 1 aromatic rings. The van der Waals surface area contributed by atoms with Gasteiger partial charge in [-0.1, -0.05) is 20.8 Å². The standard InChI is InChI=1S/C16H25N3O3S/c1-15(2,3)10-16(4,5)18-14(23)17-12-8-7-11(19(20)21)9-13(12)22-6/h7-9H,10H2,1-6H3,(H2,17,18,23). The summed E-state index contributed by atoms with van der Waals surface area (Å²) in [7, 11) is 1.46. The van der Waals surface area contributed by atoms with E-state index in [0.717, 1.165) is 6.42 Å². The Morgan fingerprint density at radius 1 is 1.30 bits per heavy atom. The van der Waals surface area contributed by atoms with Crippen molar-refractivity contribution in [3.63, 3.8) is 0 Å². The number of nitrogens with one attached hydrogen (secondary N) is 2. The maximum atomic E-state index is 10.8. The summed E-state index contributed by atoms with van der Waals surface area (Å²) in [6, 6.07) is 4.36. The van der Waals surface area contributed by atoms with Crippen molar-refractivity contribution in [2.24, 2.45) is 5.41 Å². The molecule has 128 valence electrons. The van der Waals surface area contributed by atoms with Crippen LogP contribution in [0.4, 0.5) is 11.4 Å². The van der Waals surface area contributed by atoms with Crippen LogP contribution in [0.5, 0.6) is 5.75 Å². The van der Waals surface area contributed by atoms with Gasteiger partial charge >= 0.3 is 0 Å². The summed E-state index contributed by atoms with van der Waals surface area (Å²) >= 11 is 5.35. The zero-order chi connectivity index (χ0) is 17.8. The van der Waals surface area contributed by atoms with Crippen LogP contribution in [0.15, 0.2) is 18.2 Å². The van der Waals surface area contributed by atoms with Gasteiger partial charge in [0, 0.05) is 11.6 Å². The fourth-order valence-electron chi connectivity index (χ4n) is 2.73. The van der Waals surface area contributed by atoms with E-state index in [2.05, 4.69) is 45.3 Å². The molecule has 0 aromatic heterocycles. The number of nitrogens with zero attached hydrogens (tertiary/aromatic N) is 1. The largest absolute Gasteiger partial charge is 0.494 e. The monoisotopic (exact) mass is 339 g/mol. The molecular formula is C16H25N3O3S. The average molecular weight is 339 g/mol. The summed E-state index contributed by atoms with van der Waals surface area (Å²) in [5, 5.41) is 17.6. The maximum Gasteiger partial charge on any atom is 0.273 e. The SMILES string of the molecule is COc1cc([N+](=O)[O-])ccc1NC(=S)NC(C)(C)CC(C)(C)C. The Bertz CT molecular complexity index is 595. The van der Waals surface area contributed by atoms with Crippen LogP contribution in [-0.2, 0) is 0 Å². The summed E-state index contributed by atoms with van der Waals surface area (Å²) in [5.41, 5.74) is 0.537. The number of hydrogen-bond donors (Lipinski definition) is 2. The van der Waals surface area contributed by atoms with Gasteiger partial charge in [-0.3, -0.25) is 10.1 Å². The van der Waals surface area contributed by atoms with Gasteiger partial charge in [0.25, 0.3) is 5.69 Å². The number of methoxy groups -OCH3 is 1. The predicted molar refractivity (Wildman–Crippen MR) is 97.2 cm³/mol. The molecule has 0 radical (unpaired) electrons. The smallest absolute Gasteiger partial charge is 0.273 e. The lowest BCUT2D eigenvalue weighted by Crippen LogP contribution is -2.47. The first kappa shape index (κ1) is 19.2. The third-order valence-corrected chi connectivity index (χ3v) is 3.27. The molecule has 0 fully saturated rings. The third-order valence-electron chi connectivity index (χ3n) is 3.07. The molecule has 0 heterocycles. The lowest BCUT2D eigenvalue weighted by atomic mass is 9.82. The molecule has 0 spiro atoms. The Balaban J connectivity index is 2.83.